The molecule has 1 saturated heterocycles. The number of piperidine rings is 1. The lowest BCUT2D eigenvalue weighted by atomic mass is 9.94. The van der Waals surface area contributed by atoms with Gasteiger partial charge in [0.25, 0.3) is 5.91 Å². The topological polar surface area (TPSA) is 32.3 Å². The standard InChI is InChI=1S/C16H24N2O/c1-13-3-5-15(6-4-13)16(19)17-10-7-14-8-11-18(2)12-9-14/h3-6,14H,7-12H2,1-2H3,(H,17,19). The van der Waals surface area contributed by atoms with Crippen molar-refractivity contribution in [2.24, 2.45) is 5.92 Å². The van der Waals surface area contributed by atoms with Crippen molar-refractivity contribution in [3.8, 4) is 0 Å². The molecule has 1 heterocycles. The molecule has 1 aromatic carbocycles. The lowest BCUT2D eigenvalue weighted by molar-refractivity contribution is 0.0949. The number of amides is 1. The van der Waals surface area contributed by atoms with Gasteiger partial charge < -0.3 is 10.2 Å². The lowest BCUT2D eigenvalue weighted by Gasteiger charge is -2.28. The first-order valence-electron chi connectivity index (χ1n) is 7.18. The van der Waals surface area contributed by atoms with Gasteiger partial charge in [0.1, 0.15) is 0 Å². The molecule has 2 rings (SSSR count). The Labute approximate surface area is 116 Å². The molecule has 1 amide bonds. The third-order valence-corrected chi connectivity index (χ3v) is 3.99. The normalized spacial score (nSPS) is 17.4. The van der Waals surface area contributed by atoms with Gasteiger partial charge >= 0.3 is 0 Å². The highest BCUT2D eigenvalue weighted by molar-refractivity contribution is 5.94. The summed E-state index contributed by atoms with van der Waals surface area (Å²) in [7, 11) is 2.18. The Kier molecular flexibility index (Phi) is 4.97. The van der Waals surface area contributed by atoms with Gasteiger partial charge in [-0.05, 0) is 64.4 Å². The second kappa shape index (κ2) is 6.71. The van der Waals surface area contributed by atoms with E-state index in [2.05, 4.69) is 17.3 Å². The van der Waals surface area contributed by atoms with Gasteiger partial charge in [-0.1, -0.05) is 17.7 Å². The van der Waals surface area contributed by atoms with E-state index in [4.69, 9.17) is 0 Å². The lowest BCUT2D eigenvalue weighted by Crippen LogP contribution is -2.32. The first-order chi connectivity index (χ1) is 9.15. The number of carbonyl (C=O) groups excluding carboxylic acids is 1. The van der Waals surface area contributed by atoms with Crippen LogP contribution in [0.25, 0.3) is 0 Å². The molecule has 1 aromatic rings. The van der Waals surface area contributed by atoms with Crippen molar-refractivity contribution in [3.05, 3.63) is 35.4 Å². The van der Waals surface area contributed by atoms with Gasteiger partial charge in [-0.25, -0.2) is 0 Å². The third kappa shape index (κ3) is 4.35. The van der Waals surface area contributed by atoms with Gasteiger partial charge in [0.2, 0.25) is 0 Å². The van der Waals surface area contributed by atoms with Crippen LogP contribution in [0, 0.1) is 12.8 Å². The van der Waals surface area contributed by atoms with Gasteiger partial charge in [0, 0.05) is 12.1 Å². The van der Waals surface area contributed by atoms with Gasteiger partial charge in [-0.15, -0.1) is 0 Å². The summed E-state index contributed by atoms with van der Waals surface area (Å²) in [6.07, 6.45) is 3.62. The van der Waals surface area contributed by atoms with Crippen LogP contribution in [0.15, 0.2) is 24.3 Å². The predicted octanol–water partition coefficient (Wildman–Crippen LogP) is 2.46. The van der Waals surface area contributed by atoms with E-state index in [-0.39, 0.29) is 5.91 Å². The number of hydrogen-bond acceptors (Lipinski definition) is 2. The molecule has 0 unspecified atom stereocenters. The Morgan fingerprint density at radius 2 is 1.89 bits per heavy atom. The number of hydrogen-bond donors (Lipinski definition) is 1. The van der Waals surface area contributed by atoms with E-state index in [9.17, 15) is 4.79 Å². The van der Waals surface area contributed by atoms with Crippen LogP contribution in [0.1, 0.15) is 35.2 Å². The maximum atomic E-state index is 11.9. The van der Waals surface area contributed by atoms with Crippen molar-refractivity contribution in [2.75, 3.05) is 26.7 Å². The third-order valence-electron chi connectivity index (χ3n) is 3.99. The molecule has 3 heteroatoms. The quantitative estimate of drug-likeness (QED) is 0.902. The molecule has 104 valence electrons. The fraction of sp³-hybridized carbons (Fsp3) is 0.562. The van der Waals surface area contributed by atoms with Crippen molar-refractivity contribution in [2.45, 2.75) is 26.2 Å². The Balaban J connectivity index is 1.70. The molecule has 19 heavy (non-hydrogen) atoms. The van der Waals surface area contributed by atoms with E-state index in [0.717, 1.165) is 24.4 Å². The molecule has 0 radical (unpaired) electrons. The summed E-state index contributed by atoms with van der Waals surface area (Å²) >= 11 is 0. The minimum absolute atomic E-state index is 0.0490. The average molecular weight is 260 g/mol. The molecule has 1 aliphatic heterocycles. The number of carbonyl (C=O) groups is 1. The zero-order valence-electron chi connectivity index (χ0n) is 12.0. The maximum Gasteiger partial charge on any atom is 0.251 e. The fourth-order valence-corrected chi connectivity index (χ4v) is 2.55. The molecule has 1 N–H and O–H groups in total. The number of aryl methyl sites for hydroxylation is 1. The largest absolute Gasteiger partial charge is 0.352 e. The van der Waals surface area contributed by atoms with E-state index < -0.39 is 0 Å². The Morgan fingerprint density at radius 3 is 2.53 bits per heavy atom. The molecule has 0 aliphatic carbocycles. The van der Waals surface area contributed by atoms with Gasteiger partial charge in [0.05, 0.1) is 0 Å². The first-order valence-corrected chi connectivity index (χ1v) is 7.18. The second-order valence-corrected chi connectivity index (χ2v) is 5.66. The van der Waals surface area contributed by atoms with Crippen molar-refractivity contribution in [1.82, 2.24) is 10.2 Å². The van der Waals surface area contributed by atoms with Gasteiger partial charge in [0.15, 0.2) is 0 Å². The van der Waals surface area contributed by atoms with E-state index >= 15 is 0 Å². The Morgan fingerprint density at radius 1 is 1.26 bits per heavy atom. The summed E-state index contributed by atoms with van der Waals surface area (Å²) in [6.45, 7) is 5.20. The molecule has 0 saturated carbocycles. The van der Waals surface area contributed by atoms with Crippen LogP contribution in [0.3, 0.4) is 0 Å². The molecule has 3 nitrogen and oxygen atoms in total. The second-order valence-electron chi connectivity index (χ2n) is 5.66. The van der Waals surface area contributed by atoms with E-state index in [1.54, 1.807) is 0 Å². The van der Waals surface area contributed by atoms with Crippen LogP contribution in [0.4, 0.5) is 0 Å². The van der Waals surface area contributed by atoms with Gasteiger partial charge in [-0.2, -0.15) is 0 Å². The van der Waals surface area contributed by atoms with Gasteiger partial charge in [-0.3, -0.25) is 4.79 Å². The van der Waals surface area contributed by atoms with Crippen LogP contribution in [-0.4, -0.2) is 37.5 Å². The summed E-state index contributed by atoms with van der Waals surface area (Å²) in [5.74, 6) is 0.822. The molecule has 0 atom stereocenters. The highest BCUT2D eigenvalue weighted by atomic mass is 16.1. The van der Waals surface area contributed by atoms with Crippen LogP contribution in [0.5, 0.6) is 0 Å². The summed E-state index contributed by atoms with van der Waals surface area (Å²) in [5, 5.41) is 3.02. The van der Waals surface area contributed by atoms with Crippen molar-refractivity contribution >= 4 is 5.91 Å². The van der Waals surface area contributed by atoms with Crippen LogP contribution in [0.2, 0.25) is 0 Å². The van der Waals surface area contributed by atoms with E-state index in [1.165, 1.54) is 31.5 Å². The Hall–Kier alpha value is -1.35. The molecular weight excluding hydrogens is 236 g/mol. The molecule has 1 fully saturated rings. The fourth-order valence-electron chi connectivity index (χ4n) is 2.55. The van der Waals surface area contributed by atoms with Crippen molar-refractivity contribution in [3.63, 3.8) is 0 Å². The monoisotopic (exact) mass is 260 g/mol. The number of benzene rings is 1. The molecule has 0 bridgehead atoms. The zero-order valence-corrected chi connectivity index (χ0v) is 12.0. The number of rotatable bonds is 4. The van der Waals surface area contributed by atoms with Crippen molar-refractivity contribution in [1.29, 1.82) is 0 Å². The van der Waals surface area contributed by atoms with Crippen LogP contribution < -0.4 is 5.32 Å². The smallest absolute Gasteiger partial charge is 0.251 e. The minimum Gasteiger partial charge on any atom is -0.352 e. The molecule has 0 spiro atoms. The number of nitrogens with one attached hydrogen (secondary N) is 1. The predicted molar refractivity (Wildman–Crippen MR) is 78.4 cm³/mol. The SMILES string of the molecule is Cc1ccc(C(=O)NCCC2CCN(C)CC2)cc1. The van der Waals surface area contributed by atoms with E-state index in [1.807, 2.05) is 31.2 Å². The highest BCUT2D eigenvalue weighted by Gasteiger charge is 2.16. The Bertz CT molecular complexity index is 405. The number of likely N-dealkylation sites (tertiary alicyclic amines) is 1. The van der Waals surface area contributed by atoms with E-state index in [0.29, 0.717) is 0 Å². The minimum atomic E-state index is 0.0490. The average Bonchev–Trinajstić information content (AvgIpc) is 2.41. The summed E-state index contributed by atoms with van der Waals surface area (Å²) < 4.78 is 0. The summed E-state index contributed by atoms with van der Waals surface area (Å²) in [4.78, 5) is 14.3. The molecule has 1 aliphatic rings. The summed E-state index contributed by atoms with van der Waals surface area (Å²) in [5.41, 5.74) is 1.94. The van der Waals surface area contributed by atoms with Crippen LogP contribution in [-0.2, 0) is 0 Å². The van der Waals surface area contributed by atoms with Crippen molar-refractivity contribution < 1.29 is 4.79 Å². The molecular formula is C16H24N2O. The first kappa shape index (κ1) is 14.1. The van der Waals surface area contributed by atoms with Crippen LogP contribution >= 0.6 is 0 Å². The maximum absolute atomic E-state index is 11.9. The summed E-state index contributed by atoms with van der Waals surface area (Å²) in [6, 6.07) is 7.73. The zero-order chi connectivity index (χ0) is 13.7. The number of nitrogens with zero attached hydrogens (tertiary/aromatic N) is 1. The molecule has 0 aromatic heterocycles. The highest BCUT2D eigenvalue weighted by Crippen LogP contribution is 2.18.